The standard InChI is InChI=1S/C13H20N2O2.ClH/c1-4-17-11-8-6-5-7-10(11)12(16)15-9-13(2,3)14;/h5-8H,4,9,14H2,1-3H3,(H,15,16);1H. The third kappa shape index (κ3) is 5.38. The topological polar surface area (TPSA) is 64.3 Å². The average Bonchev–Trinajstić information content (AvgIpc) is 2.26. The molecular formula is C13H21ClN2O2. The van der Waals surface area contributed by atoms with Crippen LogP contribution in [0.2, 0.25) is 0 Å². The highest BCUT2D eigenvalue weighted by Gasteiger charge is 2.15. The zero-order valence-corrected chi connectivity index (χ0v) is 11.8. The molecule has 102 valence electrons. The monoisotopic (exact) mass is 272 g/mol. The molecular weight excluding hydrogens is 252 g/mol. The van der Waals surface area contributed by atoms with Crippen molar-refractivity contribution in [1.29, 1.82) is 0 Å². The molecule has 0 fully saturated rings. The van der Waals surface area contributed by atoms with Crippen molar-refractivity contribution < 1.29 is 9.53 Å². The Balaban J connectivity index is 0.00000289. The van der Waals surface area contributed by atoms with Gasteiger partial charge in [0.25, 0.3) is 5.91 Å². The third-order valence-corrected chi connectivity index (χ3v) is 2.14. The van der Waals surface area contributed by atoms with Gasteiger partial charge in [0, 0.05) is 12.1 Å². The van der Waals surface area contributed by atoms with E-state index in [2.05, 4.69) is 5.32 Å². The minimum absolute atomic E-state index is 0. The second-order valence-corrected chi connectivity index (χ2v) is 4.60. The largest absolute Gasteiger partial charge is 0.493 e. The maximum absolute atomic E-state index is 11.9. The Labute approximate surface area is 114 Å². The summed E-state index contributed by atoms with van der Waals surface area (Å²) >= 11 is 0. The zero-order valence-electron chi connectivity index (χ0n) is 11.0. The summed E-state index contributed by atoms with van der Waals surface area (Å²) in [5, 5.41) is 2.79. The van der Waals surface area contributed by atoms with Crippen molar-refractivity contribution in [2.24, 2.45) is 5.73 Å². The third-order valence-electron chi connectivity index (χ3n) is 2.14. The van der Waals surface area contributed by atoms with Crippen LogP contribution in [0.15, 0.2) is 24.3 Å². The molecule has 0 aliphatic carbocycles. The van der Waals surface area contributed by atoms with E-state index in [0.717, 1.165) is 0 Å². The molecule has 0 spiro atoms. The first-order chi connectivity index (χ1) is 7.94. The summed E-state index contributed by atoms with van der Waals surface area (Å²) in [6.45, 7) is 6.57. The van der Waals surface area contributed by atoms with Gasteiger partial charge in [0.2, 0.25) is 0 Å². The van der Waals surface area contributed by atoms with Crippen molar-refractivity contribution in [2.45, 2.75) is 26.3 Å². The lowest BCUT2D eigenvalue weighted by Gasteiger charge is -2.19. The normalized spacial score (nSPS) is 10.4. The lowest BCUT2D eigenvalue weighted by atomic mass is 10.1. The van der Waals surface area contributed by atoms with Crippen LogP contribution < -0.4 is 15.8 Å². The van der Waals surface area contributed by atoms with Gasteiger partial charge in [-0.25, -0.2) is 0 Å². The van der Waals surface area contributed by atoms with Crippen molar-refractivity contribution >= 4 is 18.3 Å². The molecule has 1 aromatic rings. The number of hydrogen-bond donors (Lipinski definition) is 2. The number of benzene rings is 1. The molecule has 0 aliphatic rings. The summed E-state index contributed by atoms with van der Waals surface area (Å²) < 4.78 is 5.40. The fraction of sp³-hybridized carbons (Fsp3) is 0.462. The highest BCUT2D eigenvalue weighted by Crippen LogP contribution is 2.17. The van der Waals surface area contributed by atoms with Crippen molar-refractivity contribution in [2.75, 3.05) is 13.2 Å². The zero-order chi connectivity index (χ0) is 12.9. The van der Waals surface area contributed by atoms with Crippen molar-refractivity contribution in [3.63, 3.8) is 0 Å². The van der Waals surface area contributed by atoms with Gasteiger partial charge in [0.1, 0.15) is 5.75 Å². The van der Waals surface area contributed by atoms with Crippen LogP contribution >= 0.6 is 12.4 Å². The summed E-state index contributed by atoms with van der Waals surface area (Å²) in [5.41, 5.74) is 5.93. The van der Waals surface area contributed by atoms with E-state index in [1.54, 1.807) is 12.1 Å². The Bertz CT molecular complexity index is 389. The maximum Gasteiger partial charge on any atom is 0.255 e. The fourth-order valence-corrected chi connectivity index (χ4v) is 1.34. The molecule has 0 saturated carbocycles. The molecule has 1 aromatic carbocycles. The summed E-state index contributed by atoms with van der Waals surface area (Å²) in [4.78, 5) is 11.9. The molecule has 0 radical (unpaired) electrons. The highest BCUT2D eigenvalue weighted by atomic mass is 35.5. The predicted molar refractivity (Wildman–Crippen MR) is 75.5 cm³/mol. The van der Waals surface area contributed by atoms with Crippen LogP contribution in [0.1, 0.15) is 31.1 Å². The number of nitrogens with one attached hydrogen (secondary N) is 1. The lowest BCUT2D eigenvalue weighted by Crippen LogP contribution is -2.45. The molecule has 0 heterocycles. The minimum Gasteiger partial charge on any atom is -0.493 e. The number of halogens is 1. The fourth-order valence-electron chi connectivity index (χ4n) is 1.34. The van der Waals surface area contributed by atoms with Gasteiger partial charge in [0.15, 0.2) is 0 Å². The molecule has 0 unspecified atom stereocenters. The van der Waals surface area contributed by atoms with Gasteiger partial charge in [-0.3, -0.25) is 4.79 Å². The Morgan fingerprint density at radius 3 is 2.56 bits per heavy atom. The molecule has 5 heteroatoms. The number of hydrogen-bond acceptors (Lipinski definition) is 3. The number of carbonyl (C=O) groups excluding carboxylic acids is 1. The molecule has 0 aromatic heterocycles. The van der Waals surface area contributed by atoms with Crippen LogP contribution in [0.3, 0.4) is 0 Å². The Morgan fingerprint density at radius 1 is 1.39 bits per heavy atom. The van der Waals surface area contributed by atoms with E-state index in [1.165, 1.54) is 0 Å². The first-order valence-corrected chi connectivity index (χ1v) is 5.73. The van der Waals surface area contributed by atoms with Crippen LogP contribution in [-0.4, -0.2) is 24.6 Å². The van der Waals surface area contributed by atoms with Crippen molar-refractivity contribution in [3.05, 3.63) is 29.8 Å². The first kappa shape index (κ1) is 16.7. The van der Waals surface area contributed by atoms with Gasteiger partial charge < -0.3 is 15.8 Å². The molecule has 0 atom stereocenters. The van der Waals surface area contributed by atoms with Crippen LogP contribution in [0.25, 0.3) is 0 Å². The molecule has 0 aliphatic heterocycles. The van der Waals surface area contributed by atoms with Crippen LogP contribution in [0.4, 0.5) is 0 Å². The number of ether oxygens (including phenoxy) is 1. The summed E-state index contributed by atoms with van der Waals surface area (Å²) in [5.74, 6) is 0.440. The van der Waals surface area contributed by atoms with E-state index in [4.69, 9.17) is 10.5 Å². The first-order valence-electron chi connectivity index (χ1n) is 5.73. The molecule has 3 N–H and O–H groups in total. The number of carbonyl (C=O) groups is 1. The lowest BCUT2D eigenvalue weighted by molar-refractivity contribution is 0.0942. The smallest absolute Gasteiger partial charge is 0.255 e. The summed E-state index contributed by atoms with van der Waals surface area (Å²) in [6, 6.07) is 7.18. The van der Waals surface area contributed by atoms with E-state index < -0.39 is 5.54 Å². The van der Waals surface area contributed by atoms with Gasteiger partial charge in [-0.2, -0.15) is 0 Å². The highest BCUT2D eigenvalue weighted by molar-refractivity contribution is 5.96. The predicted octanol–water partition coefficient (Wildman–Crippen LogP) is 1.97. The number of para-hydroxylation sites is 1. The van der Waals surface area contributed by atoms with Gasteiger partial charge in [-0.1, -0.05) is 12.1 Å². The van der Waals surface area contributed by atoms with E-state index in [-0.39, 0.29) is 18.3 Å². The molecule has 0 bridgehead atoms. The van der Waals surface area contributed by atoms with Crippen molar-refractivity contribution in [1.82, 2.24) is 5.32 Å². The molecule has 18 heavy (non-hydrogen) atoms. The van der Waals surface area contributed by atoms with Gasteiger partial charge in [-0.05, 0) is 32.9 Å². The molecule has 0 saturated heterocycles. The number of rotatable bonds is 5. The van der Waals surface area contributed by atoms with Gasteiger partial charge in [0.05, 0.1) is 12.2 Å². The van der Waals surface area contributed by atoms with Crippen LogP contribution in [-0.2, 0) is 0 Å². The quantitative estimate of drug-likeness (QED) is 0.861. The summed E-state index contributed by atoms with van der Waals surface area (Å²) in [7, 11) is 0. The number of amides is 1. The Hall–Kier alpha value is -1.26. The van der Waals surface area contributed by atoms with E-state index >= 15 is 0 Å². The number of nitrogens with two attached hydrogens (primary N) is 1. The molecule has 4 nitrogen and oxygen atoms in total. The van der Waals surface area contributed by atoms with Crippen LogP contribution in [0.5, 0.6) is 5.75 Å². The van der Waals surface area contributed by atoms with E-state index in [1.807, 2.05) is 32.9 Å². The molecule has 1 rings (SSSR count). The second-order valence-electron chi connectivity index (χ2n) is 4.60. The second kappa shape index (κ2) is 7.24. The molecule has 1 amide bonds. The van der Waals surface area contributed by atoms with Gasteiger partial charge >= 0.3 is 0 Å². The van der Waals surface area contributed by atoms with Crippen LogP contribution in [0, 0.1) is 0 Å². The van der Waals surface area contributed by atoms with E-state index in [9.17, 15) is 4.79 Å². The van der Waals surface area contributed by atoms with Crippen molar-refractivity contribution in [3.8, 4) is 5.75 Å². The average molecular weight is 273 g/mol. The minimum atomic E-state index is -0.420. The van der Waals surface area contributed by atoms with Gasteiger partial charge in [-0.15, -0.1) is 12.4 Å². The maximum atomic E-state index is 11.9. The summed E-state index contributed by atoms with van der Waals surface area (Å²) in [6.07, 6.45) is 0. The Morgan fingerprint density at radius 2 is 2.00 bits per heavy atom. The SMILES string of the molecule is CCOc1ccccc1C(=O)NCC(C)(C)N.Cl. The van der Waals surface area contributed by atoms with E-state index in [0.29, 0.717) is 24.5 Å². The Kier molecular flexibility index (Phi) is 6.73.